The van der Waals surface area contributed by atoms with E-state index in [4.69, 9.17) is 4.52 Å². The Balaban J connectivity index is 1.65. The summed E-state index contributed by atoms with van der Waals surface area (Å²) in [6, 6.07) is 7.96. The molecule has 0 unspecified atom stereocenters. The van der Waals surface area contributed by atoms with Gasteiger partial charge in [0.15, 0.2) is 11.6 Å². The summed E-state index contributed by atoms with van der Waals surface area (Å²) in [6.07, 6.45) is 5.19. The van der Waals surface area contributed by atoms with Gasteiger partial charge in [0, 0.05) is 40.2 Å². The summed E-state index contributed by atoms with van der Waals surface area (Å²) in [5, 5.41) is 5.79. The maximum Gasteiger partial charge on any atom is 0.177 e. The summed E-state index contributed by atoms with van der Waals surface area (Å²) in [5.74, 6) is 1.50. The molecule has 3 heterocycles. The number of hydrogen-bond donors (Lipinski definition) is 1. The second-order valence-corrected chi connectivity index (χ2v) is 6.29. The number of nitrogens with zero attached hydrogens (tertiary/aromatic N) is 4. The molecule has 120 valence electrons. The van der Waals surface area contributed by atoms with Crippen molar-refractivity contribution in [2.24, 2.45) is 0 Å². The van der Waals surface area contributed by atoms with Crippen LogP contribution >= 0.6 is 11.9 Å². The molecule has 7 heteroatoms. The van der Waals surface area contributed by atoms with Crippen molar-refractivity contribution in [2.75, 3.05) is 4.41 Å². The molecular weight excluding hydrogens is 322 g/mol. The summed E-state index contributed by atoms with van der Waals surface area (Å²) in [6.45, 7) is 4.06. The zero-order chi connectivity index (χ0) is 16.5. The molecule has 2 aromatic heterocycles. The van der Waals surface area contributed by atoms with E-state index in [2.05, 4.69) is 27.5 Å². The van der Waals surface area contributed by atoms with Crippen LogP contribution in [0.4, 0.5) is 5.82 Å². The molecule has 1 N–H and O–H groups in total. The van der Waals surface area contributed by atoms with Gasteiger partial charge in [-0.25, -0.2) is 9.40 Å². The number of allylic oxidation sites excluding steroid dienone is 1. The zero-order valence-corrected chi connectivity index (χ0v) is 14.0. The Morgan fingerprint density at radius 1 is 1.12 bits per heavy atom. The highest BCUT2D eigenvalue weighted by atomic mass is 32.2. The number of aryl methyl sites for hydroxylation is 1. The van der Waals surface area contributed by atoms with Crippen LogP contribution in [0.2, 0.25) is 0 Å². The predicted octanol–water partition coefficient (Wildman–Crippen LogP) is 3.94. The molecule has 4 rings (SSSR count). The monoisotopic (exact) mass is 337 g/mol. The molecule has 0 saturated heterocycles. The number of nitrogens with one attached hydrogen (secondary N) is 1. The lowest BCUT2D eigenvalue weighted by molar-refractivity contribution is 0.432. The van der Waals surface area contributed by atoms with Crippen LogP contribution in [-0.2, 0) is 0 Å². The lowest BCUT2D eigenvalue weighted by Gasteiger charge is -2.16. The average Bonchev–Trinajstić information content (AvgIpc) is 3.27. The average molecular weight is 337 g/mol. The number of benzene rings is 1. The lowest BCUT2D eigenvalue weighted by atomic mass is 10.0. The summed E-state index contributed by atoms with van der Waals surface area (Å²) in [5.41, 5.74) is 8.24. The van der Waals surface area contributed by atoms with Crippen molar-refractivity contribution in [3.63, 3.8) is 0 Å². The van der Waals surface area contributed by atoms with Crippen LogP contribution in [0, 0.1) is 6.92 Å². The van der Waals surface area contributed by atoms with Crippen molar-refractivity contribution in [1.82, 2.24) is 20.6 Å². The minimum atomic E-state index is 0.736. The van der Waals surface area contributed by atoms with Crippen molar-refractivity contribution < 1.29 is 4.52 Å². The first-order valence-electron chi connectivity index (χ1n) is 7.45. The van der Waals surface area contributed by atoms with Crippen LogP contribution < -0.4 is 9.84 Å². The van der Waals surface area contributed by atoms with Gasteiger partial charge in [-0.3, -0.25) is 10.4 Å². The van der Waals surface area contributed by atoms with E-state index in [-0.39, 0.29) is 0 Å². The minimum Gasteiger partial charge on any atom is -0.356 e. The third-order valence-electron chi connectivity index (χ3n) is 3.69. The van der Waals surface area contributed by atoms with E-state index in [1.807, 2.05) is 41.0 Å². The fourth-order valence-corrected chi connectivity index (χ4v) is 3.15. The lowest BCUT2D eigenvalue weighted by Crippen LogP contribution is -2.26. The molecule has 0 atom stereocenters. The summed E-state index contributed by atoms with van der Waals surface area (Å²) in [7, 11) is 0. The van der Waals surface area contributed by atoms with Gasteiger partial charge >= 0.3 is 0 Å². The topological polar surface area (TPSA) is 67.1 Å². The van der Waals surface area contributed by atoms with Gasteiger partial charge in [0.2, 0.25) is 0 Å². The van der Waals surface area contributed by atoms with Crippen molar-refractivity contribution in [3.05, 3.63) is 59.5 Å². The van der Waals surface area contributed by atoms with Gasteiger partial charge < -0.3 is 4.52 Å². The van der Waals surface area contributed by atoms with Gasteiger partial charge in [-0.2, -0.15) is 0 Å². The van der Waals surface area contributed by atoms with Crippen molar-refractivity contribution >= 4 is 17.8 Å². The Hall–Kier alpha value is -2.80. The van der Waals surface area contributed by atoms with Gasteiger partial charge in [-0.1, -0.05) is 17.3 Å². The Morgan fingerprint density at radius 3 is 2.71 bits per heavy atom. The first kappa shape index (κ1) is 14.8. The van der Waals surface area contributed by atoms with Crippen molar-refractivity contribution in [2.45, 2.75) is 13.8 Å². The Morgan fingerprint density at radius 2 is 2.04 bits per heavy atom. The maximum atomic E-state index is 5.24. The van der Waals surface area contributed by atoms with Crippen LogP contribution in [0.3, 0.4) is 0 Å². The van der Waals surface area contributed by atoms with E-state index in [9.17, 15) is 0 Å². The summed E-state index contributed by atoms with van der Waals surface area (Å²) >= 11 is 1.55. The third kappa shape index (κ3) is 2.74. The summed E-state index contributed by atoms with van der Waals surface area (Å²) < 4.78 is 7.12. The quantitative estimate of drug-likeness (QED) is 0.726. The molecule has 6 nitrogen and oxygen atoms in total. The maximum absolute atomic E-state index is 5.24. The molecule has 0 saturated carbocycles. The predicted molar refractivity (Wildman–Crippen MR) is 94.7 cm³/mol. The smallest absolute Gasteiger partial charge is 0.177 e. The molecule has 0 amide bonds. The van der Waals surface area contributed by atoms with Crippen LogP contribution in [0.1, 0.15) is 12.5 Å². The first-order chi connectivity index (χ1) is 11.7. The largest absolute Gasteiger partial charge is 0.356 e. The van der Waals surface area contributed by atoms with E-state index in [1.165, 1.54) is 0 Å². The molecule has 0 spiro atoms. The highest BCUT2D eigenvalue weighted by Gasteiger charge is 2.15. The second kappa shape index (κ2) is 6.01. The van der Waals surface area contributed by atoms with Crippen LogP contribution in [0.25, 0.3) is 22.6 Å². The van der Waals surface area contributed by atoms with E-state index >= 15 is 0 Å². The number of aromatic nitrogens is 3. The summed E-state index contributed by atoms with van der Waals surface area (Å²) in [4.78, 5) is 9.09. The molecule has 24 heavy (non-hydrogen) atoms. The minimum absolute atomic E-state index is 0.736. The number of rotatable bonds is 3. The molecule has 0 fully saturated rings. The van der Waals surface area contributed by atoms with Gasteiger partial charge in [0.05, 0.1) is 24.3 Å². The highest BCUT2D eigenvalue weighted by Crippen LogP contribution is 2.29. The Bertz CT molecular complexity index is 890. The van der Waals surface area contributed by atoms with E-state index in [0.29, 0.717) is 0 Å². The molecule has 0 bridgehead atoms. The van der Waals surface area contributed by atoms with E-state index < -0.39 is 0 Å². The first-order valence-corrected chi connectivity index (χ1v) is 8.29. The van der Waals surface area contributed by atoms with Gasteiger partial charge in [-0.05, 0) is 25.5 Å². The molecule has 0 aliphatic carbocycles. The number of anilines is 1. The highest BCUT2D eigenvalue weighted by molar-refractivity contribution is 8.03. The number of hydrogen-bond acceptors (Lipinski definition) is 7. The van der Waals surface area contributed by atoms with Gasteiger partial charge in [0.1, 0.15) is 0 Å². The Labute approximate surface area is 143 Å². The molecular formula is C17H15N5OS. The Kier molecular flexibility index (Phi) is 3.70. The van der Waals surface area contributed by atoms with Gasteiger partial charge in [-0.15, -0.1) is 0 Å². The molecule has 1 aliphatic heterocycles. The SMILES string of the molecule is CC1=CSN(c2cnc(-c3cc(-c4ccno4)ccc3C)cn2)N1. The zero-order valence-electron chi connectivity index (χ0n) is 13.2. The van der Waals surface area contributed by atoms with E-state index in [1.54, 1.807) is 30.5 Å². The number of hydrazine groups is 1. The standard InChI is InChI=1S/C17H15N5OS/c1-11-3-4-13(16-5-6-20-23-16)7-14(11)15-8-19-17(9-18-15)22-21-12(2)10-24-22/h3-10,21H,1-2H3. The van der Waals surface area contributed by atoms with Crippen LogP contribution in [-0.4, -0.2) is 15.1 Å². The van der Waals surface area contributed by atoms with Crippen LogP contribution in [0.5, 0.6) is 0 Å². The van der Waals surface area contributed by atoms with Crippen molar-refractivity contribution in [1.29, 1.82) is 0 Å². The fraction of sp³-hybridized carbons (Fsp3) is 0.118. The van der Waals surface area contributed by atoms with Gasteiger partial charge in [0.25, 0.3) is 0 Å². The molecule has 1 aliphatic rings. The fourth-order valence-electron chi connectivity index (χ4n) is 2.44. The van der Waals surface area contributed by atoms with Crippen LogP contribution in [0.15, 0.2) is 58.5 Å². The normalized spacial score (nSPS) is 13.8. The van der Waals surface area contributed by atoms with Crippen molar-refractivity contribution in [3.8, 4) is 22.6 Å². The van der Waals surface area contributed by atoms with E-state index in [0.717, 1.165) is 39.7 Å². The molecule has 0 radical (unpaired) electrons. The molecule has 1 aromatic carbocycles. The second-order valence-electron chi connectivity index (χ2n) is 5.48. The molecule has 3 aromatic rings. The third-order valence-corrected chi connectivity index (χ3v) is 4.64.